The van der Waals surface area contributed by atoms with Crippen LogP contribution in [0.5, 0.6) is 0 Å². The van der Waals surface area contributed by atoms with Crippen LogP contribution in [-0.4, -0.2) is 24.0 Å². The number of aryl methyl sites for hydroxylation is 1. The van der Waals surface area contributed by atoms with E-state index in [9.17, 15) is 4.79 Å². The van der Waals surface area contributed by atoms with E-state index in [1.54, 1.807) is 11.3 Å². The Morgan fingerprint density at radius 3 is 3.25 bits per heavy atom. The third kappa shape index (κ3) is 3.16. The number of hydrogen-bond donors (Lipinski definition) is 2. The molecule has 2 N–H and O–H groups in total. The monoisotopic (exact) mass is 289 g/mol. The fourth-order valence-electron chi connectivity index (χ4n) is 2.69. The number of carbonyl (C=O) groups excluding carboxylic acids is 1. The molecule has 0 aliphatic carbocycles. The minimum Gasteiger partial charge on any atom is -0.326 e. The number of piperidine rings is 1. The first-order valence-electron chi connectivity index (χ1n) is 7.08. The summed E-state index contributed by atoms with van der Waals surface area (Å²) in [7, 11) is 0. The summed E-state index contributed by atoms with van der Waals surface area (Å²) >= 11 is 1.66. The molecule has 2 heterocycles. The van der Waals surface area contributed by atoms with Crippen molar-refractivity contribution in [3.63, 3.8) is 0 Å². The molecule has 1 aliphatic heterocycles. The number of rotatable bonds is 3. The van der Waals surface area contributed by atoms with Gasteiger partial charge in [0.05, 0.1) is 15.2 Å². The topological polar surface area (TPSA) is 54.0 Å². The van der Waals surface area contributed by atoms with Crippen LogP contribution in [0.3, 0.4) is 0 Å². The normalized spacial score (nSPS) is 19.1. The van der Waals surface area contributed by atoms with E-state index in [0.29, 0.717) is 12.3 Å². The van der Waals surface area contributed by atoms with Crippen molar-refractivity contribution >= 4 is 33.1 Å². The molecule has 1 atom stereocenters. The van der Waals surface area contributed by atoms with Crippen molar-refractivity contribution < 1.29 is 4.79 Å². The average molecular weight is 289 g/mol. The highest BCUT2D eigenvalue weighted by molar-refractivity contribution is 7.18. The van der Waals surface area contributed by atoms with Crippen molar-refractivity contribution in [2.75, 3.05) is 18.4 Å². The number of anilines is 1. The summed E-state index contributed by atoms with van der Waals surface area (Å²) in [6.07, 6.45) is 2.92. The molecule has 1 fully saturated rings. The second-order valence-corrected chi connectivity index (χ2v) is 6.61. The highest BCUT2D eigenvalue weighted by Crippen LogP contribution is 2.25. The summed E-state index contributed by atoms with van der Waals surface area (Å²) < 4.78 is 1.12. The predicted octanol–water partition coefficient (Wildman–Crippen LogP) is 2.93. The molecule has 1 unspecified atom stereocenters. The maximum Gasteiger partial charge on any atom is 0.224 e. The third-order valence-electron chi connectivity index (χ3n) is 3.65. The molecule has 1 saturated heterocycles. The number of carbonyl (C=O) groups is 1. The Bertz CT molecular complexity index is 617. The van der Waals surface area contributed by atoms with E-state index >= 15 is 0 Å². The summed E-state index contributed by atoms with van der Waals surface area (Å²) in [5.74, 6) is 0.581. The zero-order valence-electron chi connectivity index (χ0n) is 11.6. The SMILES string of the molecule is Cc1nc2ccc(NC(=O)CC3CCCNC3)cc2s1. The quantitative estimate of drug-likeness (QED) is 0.913. The molecule has 1 aliphatic rings. The lowest BCUT2D eigenvalue weighted by molar-refractivity contribution is -0.117. The van der Waals surface area contributed by atoms with E-state index in [-0.39, 0.29) is 5.91 Å². The van der Waals surface area contributed by atoms with Crippen LogP contribution in [0.2, 0.25) is 0 Å². The van der Waals surface area contributed by atoms with Gasteiger partial charge in [-0.2, -0.15) is 0 Å². The minimum atomic E-state index is 0.110. The molecule has 0 spiro atoms. The summed E-state index contributed by atoms with van der Waals surface area (Å²) in [6.45, 7) is 4.04. The maximum absolute atomic E-state index is 12.1. The van der Waals surface area contributed by atoms with Crippen LogP contribution in [0.15, 0.2) is 18.2 Å². The molecule has 4 nitrogen and oxygen atoms in total. The van der Waals surface area contributed by atoms with Gasteiger partial charge in [-0.15, -0.1) is 11.3 Å². The highest BCUT2D eigenvalue weighted by atomic mass is 32.1. The van der Waals surface area contributed by atoms with Crippen molar-refractivity contribution in [1.29, 1.82) is 0 Å². The van der Waals surface area contributed by atoms with Crippen molar-refractivity contribution in [1.82, 2.24) is 10.3 Å². The van der Waals surface area contributed by atoms with Gasteiger partial charge >= 0.3 is 0 Å². The van der Waals surface area contributed by atoms with E-state index < -0.39 is 0 Å². The van der Waals surface area contributed by atoms with Crippen molar-refractivity contribution in [3.05, 3.63) is 23.2 Å². The van der Waals surface area contributed by atoms with Crippen LogP contribution in [0, 0.1) is 12.8 Å². The van der Waals surface area contributed by atoms with Gasteiger partial charge in [0.15, 0.2) is 0 Å². The molecule has 2 aromatic rings. The van der Waals surface area contributed by atoms with Crippen molar-refractivity contribution in [2.24, 2.45) is 5.92 Å². The van der Waals surface area contributed by atoms with Gasteiger partial charge in [-0.3, -0.25) is 4.79 Å². The summed E-state index contributed by atoms with van der Waals surface area (Å²) in [5.41, 5.74) is 1.87. The Morgan fingerprint density at radius 1 is 1.55 bits per heavy atom. The van der Waals surface area contributed by atoms with E-state index in [0.717, 1.165) is 40.4 Å². The fourth-order valence-corrected chi connectivity index (χ4v) is 3.56. The van der Waals surface area contributed by atoms with E-state index in [4.69, 9.17) is 0 Å². The lowest BCUT2D eigenvalue weighted by Crippen LogP contribution is -2.32. The van der Waals surface area contributed by atoms with Crippen LogP contribution in [0.1, 0.15) is 24.3 Å². The fraction of sp³-hybridized carbons (Fsp3) is 0.467. The number of nitrogens with zero attached hydrogens (tertiary/aromatic N) is 1. The number of nitrogens with one attached hydrogen (secondary N) is 2. The number of hydrogen-bond acceptors (Lipinski definition) is 4. The second kappa shape index (κ2) is 5.89. The second-order valence-electron chi connectivity index (χ2n) is 5.38. The van der Waals surface area contributed by atoms with Gasteiger partial charge in [-0.25, -0.2) is 4.98 Å². The van der Waals surface area contributed by atoms with Gasteiger partial charge in [0.1, 0.15) is 0 Å². The smallest absolute Gasteiger partial charge is 0.224 e. The average Bonchev–Trinajstić information content (AvgIpc) is 2.79. The van der Waals surface area contributed by atoms with Crippen LogP contribution in [-0.2, 0) is 4.79 Å². The van der Waals surface area contributed by atoms with Gasteiger partial charge in [0, 0.05) is 12.1 Å². The Kier molecular flexibility index (Phi) is 3.98. The van der Waals surface area contributed by atoms with Crippen LogP contribution in [0.4, 0.5) is 5.69 Å². The zero-order valence-corrected chi connectivity index (χ0v) is 12.4. The maximum atomic E-state index is 12.1. The van der Waals surface area contributed by atoms with Gasteiger partial charge in [-0.05, 0) is 57.0 Å². The minimum absolute atomic E-state index is 0.110. The van der Waals surface area contributed by atoms with Crippen LogP contribution >= 0.6 is 11.3 Å². The molecule has 0 bridgehead atoms. The van der Waals surface area contributed by atoms with Crippen LogP contribution in [0.25, 0.3) is 10.2 Å². The lowest BCUT2D eigenvalue weighted by atomic mass is 9.96. The number of fused-ring (bicyclic) bond motifs is 1. The summed E-state index contributed by atoms with van der Waals surface area (Å²) in [6, 6.07) is 5.91. The number of thiazole rings is 1. The molecule has 0 saturated carbocycles. The van der Waals surface area contributed by atoms with Crippen LogP contribution < -0.4 is 10.6 Å². The standard InChI is InChI=1S/C15H19N3OS/c1-10-17-13-5-4-12(8-14(13)20-10)18-15(19)7-11-3-2-6-16-9-11/h4-5,8,11,16H,2-3,6-7,9H2,1H3,(H,18,19). The Morgan fingerprint density at radius 2 is 2.45 bits per heavy atom. The summed E-state index contributed by atoms with van der Waals surface area (Å²) in [5, 5.41) is 7.40. The first-order chi connectivity index (χ1) is 9.70. The van der Waals surface area contributed by atoms with Crippen molar-refractivity contribution in [3.8, 4) is 0 Å². The molecule has 1 amide bonds. The Hall–Kier alpha value is -1.46. The zero-order chi connectivity index (χ0) is 13.9. The van der Waals surface area contributed by atoms with Gasteiger partial charge in [0.2, 0.25) is 5.91 Å². The molecular formula is C15H19N3OS. The van der Waals surface area contributed by atoms with Gasteiger partial charge < -0.3 is 10.6 Å². The number of benzene rings is 1. The van der Waals surface area contributed by atoms with E-state index in [1.165, 1.54) is 6.42 Å². The lowest BCUT2D eigenvalue weighted by Gasteiger charge is -2.22. The molecular weight excluding hydrogens is 270 g/mol. The highest BCUT2D eigenvalue weighted by Gasteiger charge is 2.16. The first-order valence-corrected chi connectivity index (χ1v) is 7.90. The van der Waals surface area contributed by atoms with E-state index in [1.807, 2.05) is 25.1 Å². The molecule has 0 radical (unpaired) electrons. The van der Waals surface area contributed by atoms with Gasteiger partial charge in [-0.1, -0.05) is 0 Å². The molecule has 106 valence electrons. The summed E-state index contributed by atoms with van der Waals surface area (Å²) in [4.78, 5) is 16.5. The predicted molar refractivity (Wildman–Crippen MR) is 83.2 cm³/mol. The Labute approximate surface area is 122 Å². The first kappa shape index (κ1) is 13.5. The van der Waals surface area contributed by atoms with Gasteiger partial charge in [0.25, 0.3) is 0 Å². The molecule has 1 aromatic carbocycles. The molecule has 5 heteroatoms. The molecule has 1 aromatic heterocycles. The van der Waals surface area contributed by atoms with Crippen molar-refractivity contribution in [2.45, 2.75) is 26.2 Å². The Balaban J connectivity index is 1.64. The largest absolute Gasteiger partial charge is 0.326 e. The molecule has 3 rings (SSSR count). The van der Waals surface area contributed by atoms with E-state index in [2.05, 4.69) is 15.6 Å². The third-order valence-corrected chi connectivity index (χ3v) is 4.59. The number of aromatic nitrogens is 1. The number of amides is 1. The molecule has 20 heavy (non-hydrogen) atoms.